The molecule has 33 heavy (non-hydrogen) atoms. The Morgan fingerprint density at radius 3 is 2.52 bits per heavy atom. The largest absolute Gasteiger partial charge is 0.334 e. The first-order valence-corrected chi connectivity index (χ1v) is 10.9. The summed E-state index contributed by atoms with van der Waals surface area (Å²) in [6.45, 7) is 3.90. The number of hydrogen-bond acceptors (Lipinski definition) is 4. The summed E-state index contributed by atoms with van der Waals surface area (Å²) in [7, 11) is 0. The molecule has 2 heterocycles. The van der Waals surface area contributed by atoms with E-state index in [4.69, 9.17) is 21.1 Å². The number of halogens is 1. The van der Waals surface area contributed by atoms with E-state index in [2.05, 4.69) is 10.5 Å². The lowest BCUT2D eigenvalue weighted by molar-refractivity contribution is 0.244. The molecule has 0 radical (unpaired) electrons. The van der Waals surface area contributed by atoms with E-state index in [0.29, 0.717) is 28.0 Å². The van der Waals surface area contributed by atoms with Gasteiger partial charge in [0.1, 0.15) is 0 Å². The van der Waals surface area contributed by atoms with Gasteiger partial charge in [0, 0.05) is 16.3 Å². The molecule has 1 N–H and O–H groups in total. The highest BCUT2D eigenvalue weighted by atomic mass is 35.5. The zero-order valence-corrected chi connectivity index (χ0v) is 18.9. The van der Waals surface area contributed by atoms with Crippen LogP contribution in [0, 0.1) is 6.92 Å². The fraction of sp³-hybridized carbons (Fsp3) is 0.115. The summed E-state index contributed by atoms with van der Waals surface area (Å²) in [6, 6.07) is 24.0. The molecule has 1 aromatic heterocycles. The molecule has 1 unspecified atom stereocenters. The van der Waals surface area contributed by atoms with Crippen LogP contribution in [0.2, 0.25) is 5.02 Å². The van der Waals surface area contributed by atoms with Crippen molar-refractivity contribution in [3.05, 3.63) is 107 Å². The van der Waals surface area contributed by atoms with Crippen LogP contribution in [-0.2, 0) is 0 Å². The van der Waals surface area contributed by atoms with E-state index in [0.717, 1.165) is 22.4 Å². The van der Waals surface area contributed by atoms with Gasteiger partial charge in [0.25, 0.3) is 5.89 Å². The van der Waals surface area contributed by atoms with Crippen molar-refractivity contribution in [1.29, 1.82) is 0 Å². The summed E-state index contributed by atoms with van der Waals surface area (Å²) in [5.74, 6) is 0.830. The molecular weight excluding hydrogens is 436 g/mol. The molecule has 0 fully saturated rings. The van der Waals surface area contributed by atoms with E-state index in [9.17, 15) is 4.79 Å². The van der Waals surface area contributed by atoms with Crippen molar-refractivity contribution in [3.63, 3.8) is 0 Å². The first-order valence-electron chi connectivity index (χ1n) is 10.5. The summed E-state index contributed by atoms with van der Waals surface area (Å²) < 4.78 is 5.74. The van der Waals surface area contributed by atoms with Crippen LogP contribution in [0.4, 0.5) is 10.5 Å². The Morgan fingerprint density at radius 1 is 0.970 bits per heavy atom. The fourth-order valence-electron chi connectivity index (χ4n) is 4.08. The first kappa shape index (κ1) is 21.0. The molecule has 1 aliphatic rings. The van der Waals surface area contributed by atoms with E-state index >= 15 is 0 Å². The summed E-state index contributed by atoms with van der Waals surface area (Å²) in [4.78, 5) is 19.5. The van der Waals surface area contributed by atoms with E-state index in [1.165, 1.54) is 0 Å². The average molecular weight is 457 g/mol. The predicted molar refractivity (Wildman–Crippen MR) is 129 cm³/mol. The molecule has 3 aromatic carbocycles. The smallest absolute Gasteiger partial charge is 0.326 e. The van der Waals surface area contributed by atoms with E-state index in [1.807, 2.05) is 86.6 Å². The summed E-state index contributed by atoms with van der Waals surface area (Å²) in [6.07, 6.45) is 0. The minimum absolute atomic E-state index is 0.245. The Bertz CT molecular complexity index is 1360. The number of aryl methyl sites for hydroxylation is 1. The van der Waals surface area contributed by atoms with Crippen molar-refractivity contribution in [1.82, 2.24) is 15.5 Å². The number of allylic oxidation sites excluding steroid dienone is 1. The van der Waals surface area contributed by atoms with Gasteiger partial charge in [0.2, 0.25) is 5.82 Å². The maximum atomic E-state index is 13.2. The molecule has 0 aliphatic carbocycles. The van der Waals surface area contributed by atoms with Crippen LogP contribution in [0.1, 0.15) is 30.0 Å². The second kappa shape index (κ2) is 8.56. The minimum atomic E-state index is -0.498. The van der Waals surface area contributed by atoms with Crippen LogP contribution < -0.4 is 10.2 Å². The number of nitrogens with zero attached hydrogens (tertiary/aromatic N) is 3. The molecule has 2 amide bonds. The topological polar surface area (TPSA) is 71.3 Å². The monoisotopic (exact) mass is 456 g/mol. The molecule has 7 heteroatoms. The zero-order chi connectivity index (χ0) is 22.9. The number of rotatable bonds is 4. The summed E-state index contributed by atoms with van der Waals surface area (Å²) in [5, 5.41) is 7.89. The Balaban J connectivity index is 1.67. The Morgan fingerprint density at radius 2 is 1.76 bits per heavy atom. The Kier molecular flexibility index (Phi) is 5.44. The molecule has 5 rings (SSSR count). The maximum absolute atomic E-state index is 13.2. The maximum Gasteiger partial charge on any atom is 0.326 e. The Labute approximate surface area is 196 Å². The van der Waals surface area contributed by atoms with Crippen LogP contribution in [0.5, 0.6) is 0 Å². The van der Waals surface area contributed by atoms with Crippen LogP contribution in [0.15, 0.2) is 89.1 Å². The third kappa shape index (κ3) is 4.01. The van der Waals surface area contributed by atoms with E-state index in [1.54, 1.807) is 11.0 Å². The second-order valence-electron chi connectivity index (χ2n) is 7.90. The van der Waals surface area contributed by atoms with Gasteiger partial charge in [0.15, 0.2) is 0 Å². The van der Waals surface area contributed by atoms with Crippen molar-refractivity contribution in [2.75, 3.05) is 4.90 Å². The number of carbonyl (C=O) groups is 1. The third-order valence-corrected chi connectivity index (χ3v) is 5.85. The first-order chi connectivity index (χ1) is 16.0. The fourth-order valence-corrected chi connectivity index (χ4v) is 4.28. The summed E-state index contributed by atoms with van der Waals surface area (Å²) in [5.41, 5.74) is 4.95. The highest BCUT2D eigenvalue weighted by molar-refractivity contribution is 6.30. The van der Waals surface area contributed by atoms with E-state index in [-0.39, 0.29) is 6.03 Å². The lowest BCUT2D eigenvalue weighted by atomic mass is 9.94. The van der Waals surface area contributed by atoms with Crippen molar-refractivity contribution in [3.8, 4) is 11.4 Å². The van der Waals surface area contributed by atoms with Gasteiger partial charge in [-0.1, -0.05) is 70.9 Å². The number of nitrogens with one attached hydrogen (secondary N) is 1. The average Bonchev–Trinajstić information content (AvgIpc) is 3.29. The van der Waals surface area contributed by atoms with Gasteiger partial charge >= 0.3 is 6.03 Å². The molecule has 1 aliphatic heterocycles. The number of benzene rings is 3. The van der Waals surface area contributed by atoms with Gasteiger partial charge in [0.05, 0.1) is 17.3 Å². The van der Waals surface area contributed by atoms with Crippen molar-refractivity contribution in [2.45, 2.75) is 19.9 Å². The lowest BCUT2D eigenvalue weighted by Crippen LogP contribution is -2.46. The number of carbonyl (C=O) groups excluding carboxylic acids is 1. The van der Waals surface area contributed by atoms with Gasteiger partial charge < -0.3 is 9.84 Å². The number of para-hydroxylation sites is 1. The number of aromatic nitrogens is 2. The molecule has 0 saturated heterocycles. The third-order valence-electron chi connectivity index (χ3n) is 5.61. The molecular formula is C26H21ClN4O2. The van der Waals surface area contributed by atoms with Crippen LogP contribution >= 0.6 is 11.6 Å². The van der Waals surface area contributed by atoms with Crippen molar-refractivity contribution < 1.29 is 9.32 Å². The summed E-state index contributed by atoms with van der Waals surface area (Å²) >= 11 is 6.26. The van der Waals surface area contributed by atoms with Crippen LogP contribution in [-0.4, -0.2) is 16.2 Å². The highest BCUT2D eigenvalue weighted by Crippen LogP contribution is 2.39. The molecule has 0 bridgehead atoms. The SMILES string of the molecule is CC1=C(c2nc(-c3cccc(C)c3)no2)C(c2cccc(Cl)c2)NC(=O)N1c1ccccc1. The number of hydrogen-bond donors (Lipinski definition) is 1. The van der Waals surface area contributed by atoms with Gasteiger partial charge in [-0.25, -0.2) is 4.79 Å². The molecule has 0 saturated carbocycles. The van der Waals surface area contributed by atoms with Gasteiger partial charge in [-0.3, -0.25) is 4.90 Å². The number of amides is 2. The zero-order valence-electron chi connectivity index (χ0n) is 18.1. The minimum Gasteiger partial charge on any atom is -0.334 e. The van der Waals surface area contributed by atoms with E-state index < -0.39 is 6.04 Å². The Hall–Kier alpha value is -3.90. The lowest BCUT2D eigenvalue weighted by Gasteiger charge is -2.35. The van der Waals surface area contributed by atoms with Gasteiger partial charge in [-0.05, 0) is 49.7 Å². The predicted octanol–water partition coefficient (Wildman–Crippen LogP) is 6.40. The van der Waals surface area contributed by atoms with Crippen LogP contribution in [0.3, 0.4) is 0 Å². The standard InChI is InChI=1S/C26H21ClN4O2/c1-16-8-6-10-19(14-16)24-29-25(33-30-24)22-17(2)31(21-12-4-3-5-13-21)26(32)28-23(22)18-9-7-11-20(27)15-18/h3-15,23H,1-2H3,(H,28,32). The molecule has 1 atom stereocenters. The number of anilines is 1. The number of urea groups is 1. The van der Waals surface area contributed by atoms with Crippen molar-refractivity contribution >= 4 is 28.9 Å². The van der Waals surface area contributed by atoms with Crippen LogP contribution in [0.25, 0.3) is 17.0 Å². The molecule has 4 aromatic rings. The van der Waals surface area contributed by atoms with Crippen molar-refractivity contribution in [2.24, 2.45) is 0 Å². The highest BCUT2D eigenvalue weighted by Gasteiger charge is 2.36. The molecule has 6 nitrogen and oxygen atoms in total. The van der Waals surface area contributed by atoms with Gasteiger partial charge in [-0.2, -0.15) is 4.98 Å². The quantitative estimate of drug-likeness (QED) is 0.385. The normalized spacial score (nSPS) is 16.2. The molecule has 0 spiro atoms. The molecule has 164 valence electrons. The van der Waals surface area contributed by atoms with Gasteiger partial charge in [-0.15, -0.1) is 0 Å². The second-order valence-corrected chi connectivity index (χ2v) is 8.34.